The Bertz CT molecular complexity index is 1300. The number of ether oxygens (including phenoxy) is 4. The monoisotopic (exact) mass is 576 g/mol. The van der Waals surface area contributed by atoms with Crippen molar-refractivity contribution in [2.45, 2.75) is 54.1 Å². The molecule has 1 N–H and O–H groups in total. The maximum Gasteiger partial charge on any atom is 0.412 e. The van der Waals surface area contributed by atoms with Gasteiger partial charge in [-0.15, -0.1) is 0 Å². The molecular formula is C34H44N2O6. The Morgan fingerprint density at radius 1 is 0.857 bits per heavy atom. The van der Waals surface area contributed by atoms with Crippen molar-refractivity contribution in [3.8, 4) is 11.5 Å². The van der Waals surface area contributed by atoms with Gasteiger partial charge in [0.1, 0.15) is 24.7 Å². The molecule has 0 saturated carbocycles. The maximum atomic E-state index is 13.1. The van der Waals surface area contributed by atoms with Crippen molar-refractivity contribution in [3.05, 3.63) is 83.4 Å². The molecule has 0 saturated heterocycles. The van der Waals surface area contributed by atoms with E-state index in [2.05, 4.69) is 30.1 Å². The maximum absolute atomic E-state index is 13.1. The molecule has 0 aromatic heterocycles. The van der Waals surface area contributed by atoms with Crippen LogP contribution in [0.1, 0.15) is 63.8 Å². The van der Waals surface area contributed by atoms with Crippen LogP contribution in [0.3, 0.4) is 0 Å². The lowest BCUT2D eigenvalue weighted by Crippen LogP contribution is -2.27. The van der Waals surface area contributed by atoms with Crippen molar-refractivity contribution < 1.29 is 28.5 Å². The summed E-state index contributed by atoms with van der Waals surface area (Å²) in [5.41, 5.74) is 3.79. The minimum atomic E-state index is -0.669. The Kier molecular flexibility index (Phi) is 11.7. The first-order valence-corrected chi connectivity index (χ1v) is 14.5. The molecule has 8 heteroatoms. The average molecular weight is 577 g/mol. The predicted octanol–water partition coefficient (Wildman–Crippen LogP) is 7.55. The van der Waals surface area contributed by atoms with Crippen molar-refractivity contribution >= 4 is 23.4 Å². The van der Waals surface area contributed by atoms with Gasteiger partial charge in [0.2, 0.25) is 0 Å². The van der Waals surface area contributed by atoms with Gasteiger partial charge >= 0.3 is 12.1 Å². The van der Waals surface area contributed by atoms with Crippen LogP contribution in [0.15, 0.2) is 66.7 Å². The van der Waals surface area contributed by atoms with Crippen molar-refractivity contribution in [2.24, 2.45) is 5.41 Å². The van der Waals surface area contributed by atoms with Crippen LogP contribution in [0.4, 0.5) is 16.2 Å². The van der Waals surface area contributed by atoms with Crippen LogP contribution in [0.2, 0.25) is 0 Å². The summed E-state index contributed by atoms with van der Waals surface area (Å²) in [6, 6.07) is 20.7. The molecule has 0 heterocycles. The first kappa shape index (κ1) is 32.3. The van der Waals surface area contributed by atoms with Gasteiger partial charge in [-0.25, -0.2) is 4.79 Å². The zero-order chi connectivity index (χ0) is 30.7. The number of nitrogens with one attached hydrogen (secondary N) is 1. The van der Waals surface area contributed by atoms with Gasteiger partial charge < -0.3 is 23.8 Å². The van der Waals surface area contributed by atoms with Crippen molar-refractivity contribution in [1.29, 1.82) is 0 Å². The lowest BCUT2D eigenvalue weighted by molar-refractivity contribution is -0.154. The molecule has 0 radical (unpaired) electrons. The van der Waals surface area contributed by atoms with Gasteiger partial charge in [0, 0.05) is 24.5 Å². The second-order valence-electron chi connectivity index (χ2n) is 10.6. The summed E-state index contributed by atoms with van der Waals surface area (Å²) in [5.74, 6) is 1.08. The molecule has 0 spiro atoms. The van der Waals surface area contributed by atoms with Crippen LogP contribution in [0.25, 0.3) is 0 Å². The molecule has 1 unspecified atom stereocenters. The third-order valence-electron chi connectivity index (χ3n) is 7.42. The minimum Gasteiger partial charge on any atom is -0.497 e. The van der Waals surface area contributed by atoms with E-state index in [1.54, 1.807) is 19.2 Å². The summed E-state index contributed by atoms with van der Waals surface area (Å²) in [6.07, 6.45) is -0.532. The summed E-state index contributed by atoms with van der Waals surface area (Å²) < 4.78 is 22.4. The summed E-state index contributed by atoms with van der Waals surface area (Å²) in [5, 5.41) is 2.90. The van der Waals surface area contributed by atoms with Crippen molar-refractivity contribution in [2.75, 3.05) is 43.6 Å². The standard InChI is InChI=1S/C34H44N2O6/c1-8-34(5,6)32(37)41-22-21-40-29-18-13-26(14-19-29)31(25-11-16-28(39-7)17-12-25)42-33(38)35-30-20-15-27(23-24(30)4)36(9-2)10-3/h11-20,23,31H,8-10,21-22H2,1-7H3,(H,35,38). The highest BCUT2D eigenvalue weighted by molar-refractivity contribution is 5.86. The molecule has 1 amide bonds. The quantitative estimate of drug-likeness (QED) is 0.157. The van der Waals surface area contributed by atoms with Crippen molar-refractivity contribution in [3.63, 3.8) is 0 Å². The number of carbonyl (C=O) groups is 2. The fourth-order valence-electron chi connectivity index (χ4n) is 4.30. The predicted molar refractivity (Wildman–Crippen MR) is 167 cm³/mol. The van der Waals surface area contributed by atoms with E-state index in [0.29, 0.717) is 23.6 Å². The molecule has 8 nitrogen and oxygen atoms in total. The van der Waals surface area contributed by atoms with Crippen LogP contribution >= 0.6 is 0 Å². The SMILES string of the molecule is CCN(CC)c1ccc(NC(=O)OC(c2ccc(OC)cc2)c2ccc(OCCOC(=O)C(C)(C)CC)cc2)c(C)c1. The number of rotatable bonds is 14. The van der Waals surface area contributed by atoms with Crippen LogP contribution in [-0.4, -0.2) is 45.5 Å². The Hall–Kier alpha value is -4.20. The number of nitrogens with zero attached hydrogens (tertiary/aromatic N) is 1. The smallest absolute Gasteiger partial charge is 0.412 e. The number of anilines is 2. The van der Waals surface area contributed by atoms with E-state index in [9.17, 15) is 9.59 Å². The fraction of sp³-hybridized carbons (Fsp3) is 0.412. The topological polar surface area (TPSA) is 86.3 Å². The van der Waals surface area contributed by atoms with Crippen LogP contribution in [0.5, 0.6) is 11.5 Å². The number of methoxy groups -OCH3 is 1. The lowest BCUT2D eigenvalue weighted by Gasteiger charge is -2.23. The first-order chi connectivity index (χ1) is 20.1. The van der Waals surface area contributed by atoms with Gasteiger partial charge in [-0.3, -0.25) is 10.1 Å². The van der Waals surface area contributed by atoms with Crippen LogP contribution in [0, 0.1) is 12.3 Å². The molecule has 0 bridgehead atoms. The highest BCUT2D eigenvalue weighted by Crippen LogP contribution is 2.30. The van der Waals surface area contributed by atoms with E-state index in [1.807, 2.05) is 76.2 Å². The molecule has 3 rings (SSSR count). The van der Waals surface area contributed by atoms with E-state index in [0.717, 1.165) is 35.5 Å². The van der Waals surface area contributed by atoms with Gasteiger partial charge in [0.05, 0.1) is 12.5 Å². The number of hydrogen-bond donors (Lipinski definition) is 1. The zero-order valence-corrected chi connectivity index (χ0v) is 25.9. The molecule has 3 aromatic rings. The second-order valence-corrected chi connectivity index (χ2v) is 10.6. The fourth-order valence-corrected chi connectivity index (χ4v) is 4.30. The third-order valence-corrected chi connectivity index (χ3v) is 7.42. The molecule has 0 aliphatic rings. The second kappa shape index (κ2) is 15.1. The molecule has 226 valence electrons. The van der Waals surface area contributed by atoms with E-state index in [4.69, 9.17) is 18.9 Å². The highest BCUT2D eigenvalue weighted by atomic mass is 16.6. The molecule has 1 atom stereocenters. The van der Waals surface area contributed by atoms with Crippen LogP contribution in [-0.2, 0) is 14.3 Å². The third kappa shape index (κ3) is 8.65. The highest BCUT2D eigenvalue weighted by Gasteiger charge is 2.27. The lowest BCUT2D eigenvalue weighted by atomic mass is 9.91. The Balaban J connectivity index is 1.71. The number of hydrogen-bond acceptors (Lipinski definition) is 7. The molecule has 3 aromatic carbocycles. The number of amides is 1. The molecular weight excluding hydrogens is 532 g/mol. The van der Waals surface area contributed by atoms with Gasteiger partial charge in [0.25, 0.3) is 0 Å². The Labute approximate surface area is 249 Å². The van der Waals surface area contributed by atoms with E-state index in [1.165, 1.54) is 0 Å². The molecule has 0 aliphatic heterocycles. The van der Waals surface area contributed by atoms with E-state index in [-0.39, 0.29) is 19.2 Å². The van der Waals surface area contributed by atoms with E-state index >= 15 is 0 Å². The average Bonchev–Trinajstić information content (AvgIpc) is 3.00. The van der Waals surface area contributed by atoms with E-state index < -0.39 is 17.6 Å². The Morgan fingerprint density at radius 2 is 1.45 bits per heavy atom. The first-order valence-electron chi connectivity index (χ1n) is 14.5. The number of carbonyl (C=O) groups excluding carboxylic acids is 2. The zero-order valence-electron chi connectivity index (χ0n) is 25.9. The molecule has 42 heavy (non-hydrogen) atoms. The number of aryl methyl sites for hydroxylation is 1. The summed E-state index contributed by atoms with van der Waals surface area (Å²) in [6.45, 7) is 14.1. The van der Waals surface area contributed by atoms with Gasteiger partial charge in [-0.1, -0.05) is 31.2 Å². The summed E-state index contributed by atoms with van der Waals surface area (Å²) in [4.78, 5) is 27.5. The Morgan fingerprint density at radius 3 is 1.98 bits per heavy atom. The number of esters is 1. The largest absolute Gasteiger partial charge is 0.497 e. The normalized spacial score (nSPS) is 11.8. The molecule has 0 aliphatic carbocycles. The van der Waals surface area contributed by atoms with Gasteiger partial charge in [-0.2, -0.15) is 0 Å². The summed E-state index contributed by atoms with van der Waals surface area (Å²) >= 11 is 0. The summed E-state index contributed by atoms with van der Waals surface area (Å²) in [7, 11) is 1.61. The minimum absolute atomic E-state index is 0.164. The van der Waals surface area contributed by atoms with Gasteiger partial charge in [0.15, 0.2) is 6.10 Å². The van der Waals surface area contributed by atoms with Gasteiger partial charge in [-0.05, 0) is 100 Å². The van der Waals surface area contributed by atoms with Crippen LogP contribution < -0.4 is 19.7 Å². The number of benzene rings is 3. The van der Waals surface area contributed by atoms with Crippen molar-refractivity contribution in [1.82, 2.24) is 0 Å². The molecule has 0 fully saturated rings.